The molecule has 3 aromatic carbocycles. The summed E-state index contributed by atoms with van der Waals surface area (Å²) in [6, 6.07) is 18.3. The standard InChI is InChI=1S/C24H16F3NO3/c1-30-22-18-8-5-9-20(31-23(29)16-6-3-2-4-7-16)21(18)19(14-28-22)15-10-12-17(13-11-15)24(25,26)27/h2-14H,1H3. The first kappa shape index (κ1) is 20.4. The second kappa shape index (κ2) is 8.10. The normalized spacial score (nSPS) is 11.4. The summed E-state index contributed by atoms with van der Waals surface area (Å²) in [6.07, 6.45) is -2.95. The number of pyridine rings is 1. The van der Waals surface area contributed by atoms with Gasteiger partial charge in [-0.05, 0) is 42.0 Å². The maximum atomic E-state index is 13.0. The maximum Gasteiger partial charge on any atom is 0.416 e. The fourth-order valence-corrected chi connectivity index (χ4v) is 3.28. The maximum absolute atomic E-state index is 13.0. The molecule has 0 spiro atoms. The number of hydrogen-bond donors (Lipinski definition) is 0. The molecule has 4 rings (SSSR count). The molecule has 1 aromatic heterocycles. The van der Waals surface area contributed by atoms with Crippen molar-refractivity contribution < 1.29 is 27.4 Å². The van der Waals surface area contributed by atoms with Gasteiger partial charge in [-0.15, -0.1) is 0 Å². The van der Waals surface area contributed by atoms with Gasteiger partial charge in [0.2, 0.25) is 5.88 Å². The molecule has 1 heterocycles. The van der Waals surface area contributed by atoms with Gasteiger partial charge >= 0.3 is 12.1 Å². The van der Waals surface area contributed by atoms with Crippen molar-refractivity contribution in [3.05, 3.63) is 90.1 Å². The molecule has 0 aliphatic rings. The molecule has 0 aliphatic heterocycles. The number of fused-ring (bicyclic) bond motifs is 1. The number of benzene rings is 3. The molecule has 0 atom stereocenters. The number of alkyl halides is 3. The van der Waals surface area contributed by atoms with Gasteiger partial charge in [-0.25, -0.2) is 9.78 Å². The number of carbonyl (C=O) groups is 1. The van der Waals surface area contributed by atoms with Gasteiger partial charge in [-0.2, -0.15) is 13.2 Å². The molecule has 0 saturated carbocycles. The number of ether oxygens (including phenoxy) is 2. The number of nitrogens with zero attached hydrogens (tertiary/aromatic N) is 1. The van der Waals surface area contributed by atoms with E-state index in [0.717, 1.165) is 12.1 Å². The van der Waals surface area contributed by atoms with Crippen molar-refractivity contribution in [3.63, 3.8) is 0 Å². The van der Waals surface area contributed by atoms with Crippen LogP contribution in [0.3, 0.4) is 0 Å². The molecule has 0 amide bonds. The van der Waals surface area contributed by atoms with Crippen LogP contribution >= 0.6 is 0 Å². The zero-order valence-corrected chi connectivity index (χ0v) is 16.3. The molecule has 156 valence electrons. The summed E-state index contributed by atoms with van der Waals surface area (Å²) in [7, 11) is 1.46. The lowest BCUT2D eigenvalue weighted by molar-refractivity contribution is -0.137. The lowest BCUT2D eigenvalue weighted by atomic mass is 9.98. The van der Waals surface area contributed by atoms with E-state index in [1.54, 1.807) is 48.5 Å². The van der Waals surface area contributed by atoms with Crippen LogP contribution in [0.15, 0.2) is 79.0 Å². The highest BCUT2D eigenvalue weighted by Crippen LogP contribution is 2.39. The summed E-state index contributed by atoms with van der Waals surface area (Å²) < 4.78 is 49.8. The van der Waals surface area contributed by atoms with E-state index in [0.29, 0.717) is 33.3 Å². The number of aromatic nitrogens is 1. The van der Waals surface area contributed by atoms with Crippen LogP contribution in [-0.2, 0) is 6.18 Å². The van der Waals surface area contributed by atoms with Crippen molar-refractivity contribution in [2.24, 2.45) is 0 Å². The minimum absolute atomic E-state index is 0.252. The number of hydrogen-bond acceptors (Lipinski definition) is 4. The van der Waals surface area contributed by atoms with E-state index in [1.165, 1.54) is 25.4 Å². The number of carbonyl (C=O) groups excluding carboxylic acids is 1. The van der Waals surface area contributed by atoms with Crippen molar-refractivity contribution in [1.82, 2.24) is 4.98 Å². The molecule has 0 aliphatic carbocycles. The number of methoxy groups -OCH3 is 1. The Morgan fingerprint density at radius 3 is 2.26 bits per heavy atom. The first-order chi connectivity index (χ1) is 14.9. The lowest BCUT2D eigenvalue weighted by Crippen LogP contribution is -2.09. The smallest absolute Gasteiger partial charge is 0.416 e. The molecular formula is C24H16F3NO3. The molecular weight excluding hydrogens is 407 g/mol. The topological polar surface area (TPSA) is 48.4 Å². The number of esters is 1. The Morgan fingerprint density at radius 1 is 0.903 bits per heavy atom. The Labute approximate surface area is 175 Å². The summed E-state index contributed by atoms with van der Waals surface area (Å²) in [6.45, 7) is 0. The second-order valence-corrected chi connectivity index (χ2v) is 6.69. The third kappa shape index (κ3) is 4.07. The fourth-order valence-electron chi connectivity index (χ4n) is 3.28. The highest BCUT2D eigenvalue weighted by molar-refractivity contribution is 6.04. The van der Waals surface area contributed by atoms with Crippen LogP contribution in [0.2, 0.25) is 0 Å². The molecule has 4 aromatic rings. The first-order valence-electron chi connectivity index (χ1n) is 9.29. The molecule has 0 fully saturated rings. The van der Waals surface area contributed by atoms with Gasteiger partial charge in [0, 0.05) is 22.5 Å². The van der Waals surface area contributed by atoms with Gasteiger partial charge in [0.1, 0.15) is 5.75 Å². The van der Waals surface area contributed by atoms with E-state index < -0.39 is 17.7 Å². The molecule has 0 saturated heterocycles. The molecule has 4 nitrogen and oxygen atoms in total. The lowest BCUT2D eigenvalue weighted by Gasteiger charge is -2.14. The van der Waals surface area contributed by atoms with Crippen molar-refractivity contribution in [2.75, 3.05) is 7.11 Å². The molecule has 0 radical (unpaired) electrons. The third-order valence-electron chi connectivity index (χ3n) is 4.77. The minimum Gasteiger partial charge on any atom is -0.481 e. The summed E-state index contributed by atoms with van der Waals surface area (Å²) in [5.41, 5.74) is 0.631. The molecule has 7 heteroatoms. The summed E-state index contributed by atoms with van der Waals surface area (Å²) in [4.78, 5) is 16.9. The van der Waals surface area contributed by atoms with Gasteiger partial charge in [-0.3, -0.25) is 0 Å². The highest BCUT2D eigenvalue weighted by Gasteiger charge is 2.30. The summed E-state index contributed by atoms with van der Waals surface area (Å²) in [5.74, 6) is 0.00692. The quantitative estimate of drug-likeness (QED) is 0.292. The van der Waals surface area contributed by atoms with Gasteiger partial charge in [-0.1, -0.05) is 36.4 Å². The third-order valence-corrected chi connectivity index (χ3v) is 4.77. The Bertz CT molecular complexity index is 1240. The van der Waals surface area contributed by atoms with E-state index >= 15 is 0 Å². The van der Waals surface area contributed by atoms with E-state index in [9.17, 15) is 18.0 Å². The Kier molecular flexibility index (Phi) is 5.33. The van der Waals surface area contributed by atoms with Gasteiger partial charge < -0.3 is 9.47 Å². The predicted molar refractivity (Wildman–Crippen MR) is 110 cm³/mol. The molecule has 0 unspecified atom stereocenters. The molecule has 0 N–H and O–H groups in total. The Balaban J connectivity index is 1.85. The van der Waals surface area contributed by atoms with Crippen molar-refractivity contribution >= 4 is 16.7 Å². The molecule has 31 heavy (non-hydrogen) atoms. The zero-order valence-electron chi connectivity index (χ0n) is 16.3. The second-order valence-electron chi connectivity index (χ2n) is 6.69. The monoisotopic (exact) mass is 423 g/mol. The minimum atomic E-state index is -4.44. The van der Waals surface area contributed by atoms with Gasteiger partial charge in [0.25, 0.3) is 0 Å². The van der Waals surface area contributed by atoms with E-state index in [1.807, 2.05) is 0 Å². The molecule has 0 bridgehead atoms. The van der Waals surface area contributed by atoms with Crippen molar-refractivity contribution in [2.45, 2.75) is 6.18 Å². The first-order valence-corrected chi connectivity index (χ1v) is 9.29. The number of rotatable bonds is 4. The average Bonchev–Trinajstić information content (AvgIpc) is 2.78. The van der Waals surface area contributed by atoms with Crippen LogP contribution in [0.1, 0.15) is 15.9 Å². The summed E-state index contributed by atoms with van der Waals surface area (Å²) in [5, 5.41) is 1.08. The van der Waals surface area contributed by atoms with E-state index in [-0.39, 0.29) is 5.75 Å². The predicted octanol–water partition coefficient (Wildman–Crippen LogP) is 6.15. The van der Waals surface area contributed by atoms with Gasteiger partial charge in [0.05, 0.1) is 18.2 Å². The number of halogens is 3. The van der Waals surface area contributed by atoms with Crippen LogP contribution in [0.4, 0.5) is 13.2 Å². The summed E-state index contributed by atoms with van der Waals surface area (Å²) >= 11 is 0. The van der Waals surface area contributed by atoms with Crippen LogP contribution in [0.5, 0.6) is 11.6 Å². The van der Waals surface area contributed by atoms with Gasteiger partial charge in [0.15, 0.2) is 0 Å². The van der Waals surface area contributed by atoms with E-state index in [4.69, 9.17) is 9.47 Å². The van der Waals surface area contributed by atoms with Crippen molar-refractivity contribution in [1.29, 1.82) is 0 Å². The highest BCUT2D eigenvalue weighted by atomic mass is 19.4. The Hall–Kier alpha value is -3.87. The largest absolute Gasteiger partial charge is 0.481 e. The fraction of sp³-hybridized carbons (Fsp3) is 0.0833. The van der Waals surface area contributed by atoms with Crippen LogP contribution in [-0.4, -0.2) is 18.1 Å². The van der Waals surface area contributed by atoms with Crippen LogP contribution in [0, 0.1) is 0 Å². The van der Waals surface area contributed by atoms with Crippen LogP contribution < -0.4 is 9.47 Å². The SMILES string of the molecule is COc1ncc(-c2ccc(C(F)(F)F)cc2)c2c(OC(=O)c3ccccc3)cccc12. The van der Waals surface area contributed by atoms with Crippen LogP contribution in [0.25, 0.3) is 21.9 Å². The zero-order chi connectivity index (χ0) is 22.0. The average molecular weight is 423 g/mol. The van der Waals surface area contributed by atoms with Crippen molar-refractivity contribution in [3.8, 4) is 22.8 Å². The van der Waals surface area contributed by atoms with E-state index in [2.05, 4.69) is 4.98 Å². The Morgan fingerprint density at radius 2 is 1.61 bits per heavy atom.